The quantitative estimate of drug-likeness (QED) is 0.577. The van der Waals surface area contributed by atoms with E-state index in [1.54, 1.807) is 0 Å². The van der Waals surface area contributed by atoms with Crippen LogP contribution in [0.2, 0.25) is 0 Å². The summed E-state index contributed by atoms with van der Waals surface area (Å²) >= 11 is 0. The van der Waals surface area contributed by atoms with Crippen LogP contribution in [0.1, 0.15) is 26.7 Å². The van der Waals surface area contributed by atoms with Gasteiger partial charge in [0.05, 0.1) is 12.0 Å². The van der Waals surface area contributed by atoms with Crippen molar-refractivity contribution >= 4 is 12.0 Å². The van der Waals surface area contributed by atoms with Crippen molar-refractivity contribution in [1.29, 1.82) is 0 Å². The number of carbonyl (C=O) groups excluding carboxylic acids is 1. The average molecular weight is 302 g/mol. The molecule has 0 radical (unpaired) electrons. The molecular formula is C14H26N2O5. The van der Waals surface area contributed by atoms with Gasteiger partial charge in [0.1, 0.15) is 0 Å². The lowest BCUT2D eigenvalue weighted by atomic mass is 9.80. The molecule has 2 amide bonds. The number of carboxylic acids is 1. The smallest absolute Gasteiger partial charge is 0.314 e. The number of ether oxygens (including phenoxy) is 2. The summed E-state index contributed by atoms with van der Waals surface area (Å²) in [6.45, 7) is 6.57. The molecule has 0 aromatic rings. The first-order chi connectivity index (χ1) is 9.96. The fourth-order valence-electron chi connectivity index (χ4n) is 2.10. The van der Waals surface area contributed by atoms with E-state index in [-0.39, 0.29) is 12.6 Å². The highest BCUT2D eigenvalue weighted by atomic mass is 16.5. The van der Waals surface area contributed by atoms with Crippen molar-refractivity contribution in [2.75, 3.05) is 39.5 Å². The first kappa shape index (κ1) is 17.7. The number of carboxylic acid groups (broad SMARTS) is 1. The second-order valence-electron chi connectivity index (χ2n) is 5.78. The molecule has 21 heavy (non-hydrogen) atoms. The van der Waals surface area contributed by atoms with E-state index in [1.165, 1.54) is 0 Å². The van der Waals surface area contributed by atoms with Gasteiger partial charge < -0.3 is 25.2 Å². The number of urea groups is 1. The van der Waals surface area contributed by atoms with Gasteiger partial charge in [-0.15, -0.1) is 0 Å². The lowest BCUT2D eigenvalue weighted by Gasteiger charge is -2.33. The van der Waals surface area contributed by atoms with Crippen molar-refractivity contribution < 1.29 is 24.2 Å². The van der Waals surface area contributed by atoms with E-state index >= 15 is 0 Å². The summed E-state index contributed by atoms with van der Waals surface area (Å²) in [5.74, 6) is -0.422. The zero-order valence-electron chi connectivity index (χ0n) is 12.8. The maximum absolute atomic E-state index is 11.6. The molecule has 0 spiro atoms. The Kier molecular flexibility index (Phi) is 7.45. The monoisotopic (exact) mass is 302 g/mol. The zero-order valence-corrected chi connectivity index (χ0v) is 12.8. The van der Waals surface area contributed by atoms with Crippen LogP contribution in [0.15, 0.2) is 0 Å². The van der Waals surface area contributed by atoms with Gasteiger partial charge in [0.15, 0.2) is 0 Å². The third-order valence-corrected chi connectivity index (χ3v) is 3.47. The van der Waals surface area contributed by atoms with Crippen LogP contribution in [0, 0.1) is 11.3 Å². The molecule has 0 atom stereocenters. The third-order valence-electron chi connectivity index (χ3n) is 3.47. The van der Waals surface area contributed by atoms with E-state index in [1.807, 2.05) is 0 Å². The van der Waals surface area contributed by atoms with Gasteiger partial charge in [-0.05, 0) is 18.8 Å². The van der Waals surface area contributed by atoms with Crippen molar-refractivity contribution in [3.63, 3.8) is 0 Å². The van der Waals surface area contributed by atoms with Crippen molar-refractivity contribution in [2.24, 2.45) is 11.3 Å². The van der Waals surface area contributed by atoms with Crippen LogP contribution in [-0.4, -0.2) is 56.6 Å². The summed E-state index contributed by atoms with van der Waals surface area (Å²) in [7, 11) is 0. The molecule has 122 valence electrons. The van der Waals surface area contributed by atoms with Crippen LogP contribution < -0.4 is 10.6 Å². The number of hydrogen-bond acceptors (Lipinski definition) is 4. The van der Waals surface area contributed by atoms with Crippen molar-refractivity contribution in [3.8, 4) is 0 Å². The van der Waals surface area contributed by atoms with Crippen LogP contribution in [0.4, 0.5) is 4.79 Å². The molecule has 0 aromatic heterocycles. The standard InChI is InChI=1S/C14H26N2O5/c1-11(2)9-21-8-5-15-13(19)16-10-14(12(17)18)3-6-20-7-4-14/h11H,3-10H2,1-2H3,(H,17,18)(H2,15,16,19). The highest BCUT2D eigenvalue weighted by Gasteiger charge is 2.40. The predicted octanol–water partition coefficient (Wildman–Crippen LogP) is 0.840. The number of rotatable bonds is 8. The minimum Gasteiger partial charge on any atom is -0.481 e. The van der Waals surface area contributed by atoms with Crippen LogP contribution in [0.5, 0.6) is 0 Å². The van der Waals surface area contributed by atoms with Gasteiger partial charge in [-0.1, -0.05) is 13.8 Å². The minimum atomic E-state index is -0.913. The molecule has 1 aliphatic heterocycles. The molecule has 0 unspecified atom stereocenters. The Hall–Kier alpha value is -1.34. The number of nitrogens with one attached hydrogen (secondary N) is 2. The first-order valence-electron chi connectivity index (χ1n) is 7.37. The molecule has 0 aromatic carbocycles. The Bertz CT molecular complexity index is 340. The largest absolute Gasteiger partial charge is 0.481 e. The molecule has 1 rings (SSSR count). The Labute approximate surface area is 125 Å². The fourth-order valence-corrected chi connectivity index (χ4v) is 2.10. The molecule has 1 saturated heterocycles. The fraction of sp³-hybridized carbons (Fsp3) is 0.857. The lowest BCUT2D eigenvalue weighted by Crippen LogP contribution is -2.49. The van der Waals surface area contributed by atoms with Gasteiger partial charge in [-0.2, -0.15) is 0 Å². The molecule has 1 aliphatic rings. The zero-order chi connectivity index (χ0) is 15.7. The third kappa shape index (κ3) is 6.31. The predicted molar refractivity (Wildman–Crippen MR) is 77.2 cm³/mol. The van der Waals surface area contributed by atoms with Crippen LogP contribution in [0.25, 0.3) is 0 Å². The summed E-state index contributed by atoms with van der Waals surface area (Å²) in [5, 5.41) is 14.6. The number of hydrogen-bond donors (Lipinski definition) is 3. The summed E-state index contributed by atoms with van der Waals surface area (Å²) in [4.78, 5) is 23.1. The number of aliphatic carboxylic acids is 1. The molecule has 7 heteroatoms. The summed E-state index contributed by atoms with van der Waals surface area (Å²) in [6.07, 6.45) is 0.834. The molecule has 3 N–H and O–H groups in total. The minimum absolute atomic E-state index is 0.115. The Morgan fingerprint density at radius 2 is 1.95 bits per heavy atom. The Balaban J connectivity index is 2.23. The summed E-state index contributed by atoms with van der Waals surface area (Å²) in [5.41, 5.74) is -0.913. The van der Waals surface area contributed by atoms with E-state index < -0.39 is 11.4 Å². The lowest BCUT2D eigenvalue weighted by molar-refractivity contribution is -0.154. The highest BCUT2D eigenvalue weighted by Crippen LogP contribution is 2.29. The molecule has 7 nitrogen and oxygen atoms in total. The SMILES string of the molecule is CC(C)COCCNC(=O)NCC1(C(=O)O)CCOCC1. The van der Waals surface area contributed by atoms with Crippen LogP contribution in [0.3, 0.4) is 0 Å². The van der Waals surface area contributed by atoms with Crippen LogP contribution in [-0.2, 0) is 14.3 Å². The molecular weight excluding hydrogens is 276 g/mol. The second-order valence-corrected chi connectivity index (χ2v) is 5.78. The van der Waals surface area contributed by atoms with E-state index in [0.717, 1.165) is 0 Å². The van der Waals surface area contributed by atoms with Gasteiger partial charge in [0, 0.05) is 32.9 Å². The molecule has 1 fully saturated rings. The molecule has 0 bridgehead atoms. The first-order valence-corrected chi connectivity index (χ1v) is 7.37. The number of amides is 2. The average Bonchev–Trinajstić information content (AvgIpc) is 2.45. The highest BCUT2D eigenvalue weighted by molar-refractivity contribution is 5.78. The van der Waals surface area contributed by atoms with E-state index in [9.17, 15) is 14.7 Å². The van der Waals surface area contributed by atoms with E-state index in [4.69, 9.17) is 9.47 Å². The summed E-state index contributed by atoms with van der Waals surface area (Å²) < 4.78 is 10.5. The Morgan fingerprint density at radius 1 is 1.29 bits per heavy atom. The second kappa shape index (κ2) is 8.84. The molecule has 1 heterocycles. The van der Waals surface area contributed by atoms with Crippen molar-refractivity contribution in [1.82, 2.24) is 10.6 Å². The van der Waals surface area contributed by atoms with Gasteiger partial charge in [0.2, 0.25) is 0 Å². The van der Waals surface area contributed by atoms with Gasteiger partial charge in [-0.25, -0.2) is 4.79 Å². The maximum atomic E-state index is 11.6. The molecule has 0 aliphatic carbocycles. The van der Waals surface area contributed by atoms with E-state index in [2.05, 4.69) is 24.5 Å². The maximum Gasteiger partial charge on any atom is 0.314 e. The summed E-state index contributed by atoms with van der Waals surface area (Å²) in [6, 6.07) is -0.365. The Morgan fingerprint density at radius 3 is 2.52 bits per heavy atom. The molecule has 0 saturated carbocycles. The number of carbonyl (C=O) groups is 2. The van der Waals surface area contributed by atoms with Crippen LogP contribution >= 0.6 is 0 Å². The van der Waals surface area contributed by atoms with Crippen molar-refractivity contribution in [2.45, 2.75) is 26.7 Å². The van der Waals surface area contributed by atoms with Gasteiger partial charge >= 0.3 is 12.0 Å². The van der Waals surface area contributed by atoms with Gasteiger partial charge in [-0.3, -0.25) is 4.79 Å². The van der Waals surface area contributed by atoms with Gasteiger partial charge in [0.25, 0.3) is 0 Å². The topological polar surface area (TPSA) is 96.9 Å². The van der Waals surface area contributed by atoms with Crippen molar-refractivity contribution in [3.05, 3.63) is 0 Å². The normalized spacial score (nSPS) is 17.5. The van der Waals surface area contributed by atoms with E-state index in [0.29, 0.717) is 51.7 Å².